The van der Waals surface area contributed by atoms with Gasteiger partial charge >= 0.3 is 0 Å². The van der Waals surface area contributed by atoms with Crippen LogP contribution < -0.4 is 15.4 Å². The lowest BCUT2D eigenvalue weighted by molar-refractivity contribution is 0.0944. The van der Waals surface area contributed by atoms with E-state index in [-0.39, 0.29) is 5.91 Å². The zero-order valence-corrected chi connectivity index (χ0v) is 16.6. The fourth-order valence-corrected chi connectivity index (χ4v) is 3.59. The fourth-order valence-electron chi connectivity index (χ4n) is 3.59. The number of carbonyl (C=O) groups is 1. The highest BCUT2D eigenvalue weighted by molar-refractivity contribution is 5.92. The van der Waals surface area contributed by atoms with Gasteiger partial charge in [-0.1, -0.05) is 36.4 Å². The van der Waals surface area contributed by atoms with Crippen LogP contribution in [0.2, 0.25) is 0 Å². The topological polar surface area (TPSA) is 68.2 Å². The van der Waals surface area contributed by atoms with Gasteiger partial charge in [-0.2, -0.15) is 5.10 Å². The second-order valence-electron chi connectivity index (χ2n) is 7.29. The van der Waals surface area contributed by atoms with E-state index in [0.717, 1.165) is 48.4 Å². The summed E-state index contributed by atoms with van der Waals surface area (Å²) in [6.07, 6.45) is 4.13. The Morgan fingerprint density at radius 3 is 2.52 bits per heavy atom. The van der Waals surface area contributed by atoms with Gasteiger partial charge in [0.2, 0.25) is 0 Å². The van der Waals surface area contributed by atoms with Crippen molar-refractivity contribution in [2.45, 2.75) is 25.4 Å². The van der Waals surface area contributed by atoms with E-state index < -0.39 is 0 Å². The Morgan fingerprint density at radius 1 is 1.14 bits per heavy atom. The molecule has 1 saturated heterocycles. The molecule has 1 fully saturated rings. The van der Waals surface area contributed by atoms with Gasteiger partial charge in [0.05, 0.1) is 13.2 Å². The van der Waals surface area contributed by atoms with E-state index in [1.807, 2.05) is 47.3 Å². The van der Waals surface area contributed by atoms with E-state index in [1.54, 1.807) is 13.2 Å². The SMILES string of the molecule is COc1ccc(-c2ccc(CNC(=O)c3ccn(C4CCCNC4)n3)cc2)cc1. The second kappa shape index (κ2) is 8.92. The van der Waals surface area contributed by atoms with Gasteiger partial charge in [0.25, 0.3) is 5.91 Å². The maximum atomic E-state index is 12.4. The molecule has 2 aromatic carbocycles. The molecule has 3 aromatic rings. The molecule has 4 rings (SSSR count). The van der Waals surface area contributed by atoms with Crippen LogP contribution in [0, 0.1) is 0 Å². The third-order valence-electron chi connectivity index (χ3n) is 5.32. The van der Waals surface area contributed by atoms with Crippen molar-refractivity contribution in [3.63, 3.8) is 0 Å². The molecule has 0 radical (unpaired) electrons. The summed E-state index contributed by atoms with van der Waals surface area (Å²) in [5, 5.41) is 10.8. The van der Waals surface area contributed by atoms with Crippen LogP contribution >= 0.6 is 0 Å². The highest BCUT2D eigenvalue weighted by Gasteiger charge is 2.17. The van der Waals surface area contributed by atoms with Crippen LogP contribution in [0.5, 0.6) is 5.75 Å². The third-order valence-corrected chi connectivity index (χ3v) is 5.32. The fraction of sp³-hybridized carbons (Fsp3) is 0.304. The number of piperidine rings is 1. The number of nitrogens with one attached hydrogen (secondary N) is 2. The van der Waals surface area contributed by atoms with Crippen molar-refractivity contribution >= 4 is 5.91 Å². The van der Waals surface area contributed by atoms with Gasteiger partial charge in [0.1, 0.15) is 11.4 Å². The summed E-state index contributed by atoms with van der Waals surface area (Å²) in [7, 11) is 1.66. The number of nitrogens with zero attached hydrogens (tertiary/aromatic N) is 2. The van der Waals surface area contributed by atoms with Crippen LogP contribution in [-0.4, -0.2) is 35.9 Å². The number of methoxy groups -OCH3 is 1. The van der Waals surface area contributed by atoms with Gasteiger partial charge in [0.15, 0.2) is 0 Å². The second-order valence-corrected chi connectivity index (χ2v) is 7.29. The first-order valence-electron chi connectivity index (χ1n) is 10.0. The molecule has 6 nitrogen and oxygen atoms in total. The van der Waals surface area contributed by atoms with Crippen LogP contribution in [-0.2, 0) is 6.54 Å². The first-order chi connectivity index (χ1) is 14.2. The van der Waals surface area contributed by atoms with Crippen LogP contribution in [0.15, 0.2) is 60.8 Å². The summed E-state index contributed by atoms with van der Waals surface area (Å²) in [6, 6.07) is 18.3. The van der Waals surface area contributed by atoms with E-state index in [2.05, 4.69) is 27.9 Å². The molecule has 1 aromatic heterocycles. The van der Waals surface area contributed by atoms with Crippen LogP contribution in [0.25, 0.3) is 11.1 Å². The minimum atomic E-state index is -0.147. The first-order valence-corrected chi connectivity index (χ1v) is 10.0. The molecular formula is C23H26N4O2. The number of benzene rings is 2. The van der Waals surface area contributed by atoms with Gasteiger partial charge < -0.3 is 15.4 Å². The molecule has 0 saturated carbocycles. The summed E-state index contributed by atoms with van der Waals surface area (Å²) in [6.45, 7) is 2.44. The number of hydrogen-bond acceptors (Lipinski definition) is 4. The molecule has 2 heterocycles. The van der Waals surface area contributed by atoms with Crippen molar-refractivity contribution in [2.24, 2.45) is 0 Å². The van der Waals surface area contributed by atoms with Crippen LogP contribution in [0.3, 0.4) is 0 Å². The minimum absolute atomic E-state index is 0.147. The van der Waals surface area contributed by atoms with Gasteiger partial charge in [-0.3, -0.25) is 9.48 Å². The van der Waals surface area contributed by atoms with Gasteiger partial charge in [-0.25, -0.2) is 0 Å². The van der Waals surface area contributed by atoms with Crippen molar-refractivity contribution in [1.82, 2.24) is 20.4 Å². The lowest BCUT2D eigenvalue weighted by Gasteiger charge is -2.22. The summed E-state index contributed by atoms with van der Waals surface area (Å²) < 4.78 is 7.11. The highest BCUT2D eigenvalue weighted by Crippen LogP contribution is 2.22. The Kier molecular flexibility index (Phi) is 5.91. The Hall–Kier alpha value is -3.12. The molecule has 1 aliphatic heterocycles. The molecule has 0 aliphatic carbocycles. The Balaban J connectivity index is 1.33. The number of carbonyl (C=O) groups excluding carboxylic acids is 1. The van der Waals surface area contributed by atoms with Gasteiger partial charge in [-0.05, 0) is 54.3 Å². The largest absolute Gasteiger partial charge is 0.497 e. The van der Waals surface area contributed by atoms with E-state index in [4.69, 9.17) is 4.74 Å². The zero-order valence-electron chi connectivity index (χ0n) is 16.6. The molecule has 1 amide bonds. The normalized spacial score (nSPS) is 16.4. The third kappa shape index (κ3) is 4.66. The zero-order chi connectivity index (χ0) is 20.1. The Bertz CT molecular complexity index is 942. The number of amides is 1. The summed E-state index contributed by atoms with van der Waals surface area (Å²) in [5.41, 5.74) is 3.77. The van der Waals surface area contributed by atoms with Crippen LogP contribution in [0.4, 0.5) is 0 Å². The first kappa shape index (κ1) is 19.2. The highest BCUT2D eigenvalue weighted by atomic mass is 16.5. The van der Waals surface area contributed by atoms with Crippen molar-refractivity contribution in [1.29, 1.82) is 0 Å². The van der Waals surface area contributed by atoms with Crippen LogP contribution in [0.1, 0.15) is 34.9 Å². The average molecular weight is 390 g/mol. The van der Waals surface area contributed by atoms with Crippen molar-refractivity contribution in [3.05, 3.63) is 72.1 Å². The number of aromatic nitrogens is 2. The lowest BCUT2D eigenvalue weighted by Crippen LogP contribution is -2.32. The van der Waals surface area contributed by atoms with Gasteiger partial charge in [0, 0.05) is 19.3 Å². The molecule has 29 heavy (non-hydrogen) atoms. The standard InChI is InChI=1S/C23H26N4O2/c1-29-21-10-8-19(9-11-21)18-6-4-17(5-7-18)15-25-23(28)22-12-14-27(26-22)20-3-2-13-24-16-20/h4-12,14,20,24H,2-3,13,15-16H2,1H3,(H,25,28). The summed E-state index contributed by atoms with van der Waals surface area (Å²) in [4.78, 5) is 12.4. The number of rotatable bonds is 6. The molecule has 1 aliphatic rings. The molecule has 0 spiro atoms. The molecule has 2 N–H and O–H groups in total. The molecular weight excluding hydrogens is 364 g/mol. The predicted molar refractivity (Wildman–Crippen MR) is 113 cm³/mol. The van der Waals surface area contributed by atoms with E-state index >= 15 is 0 Å². The minimum Gasteiger partial charge on any atom is -0.497 e. The van der Waals surface area contributed by atoms with Gasteiger partial charge in [-0.15, -0.1) is 0 Å². The summed E-state index contributed by atoms with van der Waals surface area (Å²) in [5.74, 6) is 0.696. The van der Waals surface area contributed by atoms with E-state index in [9.17, 15) is 4.79 Å². The average Bonchev–Trinajstić information content (AvgIpc) is 3.29. The Labute approximate surface area is 170 Å². The number of hydrogen-bond donors (Lipinski definition) is 2. The molecule has 1 unspecified atom stereocenters. The monoisotopic (exact) mass is 390 g/mol. The van der Waals surface area contributed by atoms with Crippen molar-refractivity contribution in [3.8, 4) is 16.9 Å². The Morgan fingerprint density at radius 2 is 1.86 bits per heavy atom. The molecule has 6 heteroatoms. The van der Waals surface area contributed by atoms with Crippen molar-refractivity contribution in [2.75, 3.05) is 20.2 Å². The molecule has 0 bridgehead atoms. The smallest absolute Gasteiger partial charge is 0.272 e. The van der Waals surface area contributed by atoms with E-state index in [1.165, 1.54) is 0 Å². The summed E-state index contributed by atoms with van der Waals surface area (Å²) >= 11 is 0. The molecule has 1 atom stereocenters. The van der Waals surface area contributed by atoms with Crippen molar-refractivity contribution < 1.29 is 9.53 Å². The predicted octanol–water partition coefficient (Wildman–Crippen LogP) is 3.41. The number of ether oxygens (including phenoxy) is 1. The molecule has 150 valence electrons. The quantitative estimate of drug-likeness (QED) is 0.677. The lowest BCUT2D eigenvalue weighted by atomic mass is 10.0. The van der Waals surface area contributed by atoms with E-state index in [0.29, 0.717) is 18.3 Å². The maximum absolute atomic E-state index is 12.4. The maximum Gasteiger partial charge on any atom is 0.272 e.